The molecule has 4 aliphatic rings. The summed E-state index contributed by atoms with van der Waals surface area (Å²) in [6.07, 6.45) is -3.52. The minimum atomic E-state index is -2.38. The summed E-state index contributed by atoms with van der Waals surface area (Å²) in [7, 11) is 6.42. The normalized spacial score (nSPS) is 29.1. The fourth-order valence-corrected chi connectivity index (χ4v) is 7.47. The van der Waals surface area contributed by atoms with Gasteiger partial charge in [-0.15, -0.1) is 0 Å². The van der Waals surface area contributed by atoms with E-state index in [1.807, 2.05) is 13.1 Å². The van der Waals surface area contributed by atoms with Gasteiger partial charge in [0.25, 0.3) is 5.79 Å². The van der Waals surface area contributed by atoms with Gasteiger partial charge in [-0.2, -0.15) is 0 Å². The van der Waals surface area contributed by atoms with Crippen LogP contribution in [0.5, 0.6) is 34.5 Å². The maximum absolute atomic E-state index is 12.5. The number of likely N-dealkylation sites (N-methyl/N-ethyl adjacent to an activating group) is 1. The Hall–Kier alpha value is -4.57. The second kappa shape index (κ2) is 12.1. The average Bonchev–Trinajstić information content (AvgIpc) is 3.49. The zero-order chi connectivity index (χ0) is 34.8. The van der Waals surface area contributed by atoms with E-state index in [0.29, 0.717) is 51.8 Å². The molecule has 3 aromatic rings. The molecule has 0 aromatic heterocycles. The number of aliphatic carboxylic acids is 1. The standard InChI is InChI=1S/C35H38N2O12/c1-36-13-17-11-23(44-3)29(45-4)30-24(17)21-14-46-27-19-8-9-35(32(41)26(39)31(40)34(49-35,15-37-2)33(42)43)48-22(19)12-20(25(27)28(21)47-30)16-6-5-7-18(38)10-16/h5-12,21,26,28,31-32,36-41H,13-15H2,1-4H3,(H,42,43)/t21-,26+,28-,31+,32-,34+,35-/m1/s1. The number of aliphatic hydroxyl groups excluding tert-OH is 3. The van der Waals surface area contributed by atoms with E-state index in [1.165, 1.54) is 19.2 Å². The van der Waals surface area contributed by atoms with Crippen LogP contribution < -0.4 is 34.3 Å². The minimum absolute atomic E-state index is 0.00863. The van der Waals surface area contributed by atoms with Crippen LogP contribution in [0.15, 0.2) is 42.5 Å². The Kier molecular flexibility index (Phi) is 8.13. The number of phenolic OH excluding ortho intramolecular Hbond substituents is 1. The van der Waals surface area contributed by atoms with Crippen LogP contribution in [0.2, 0.25) is 0 Å². The van der Waals surface area contributed by atoms with Gasteiger partial charge in [-0.25, -0.2) is 4.79 Å². The van der Waals surface area contributed by atoms with Crippen LogP contribution in [0.1, 0.15) is 34.3 Å². The largest absolute Gasteiger partial charge is 0.508 e. The number of methoxy groups -OCH3 is 2. The maximum Gasteiger partial charge on any atom is 0.340 e. The van der Waals surface area contributed by atoms with Crippen LogP contribution in [0.4, 0.5) is 0 Å². The van der Waals surface area contributed by atoms with Gasteiger partial charge >= 0.3 is 5.97 Å². The molecule has 14 nitrogen and oxygen atoms in total. The van der Waals surface area contributed by atoms with Gasteiger partial charge in [0.15, 0.2) is 17.6 Å². The van der Waals surface area contributed by atoms with E-state index in [4.69, 9.17) is 28.4 Å². The number of hydrogen-bond acceptors (Lipinski definition) is 13. The van der Waals surface area contributed by atoms with E-state index in [1.54, 1.807) is 44.6 Å². The number of nitrogens with one attached hydrogen (secondary N) is 2. The molecule has 49 heavy (non-hydrogen) atoms. The monoisotopic (exact) mass is 678 g/mol. The molecule has 7 rings (SSSR count). The van der Waals surface area contributed by atoms with E-state index >= 15 is 0 Å². The SMILES string of the molecule is CNCc1cc(OC)c(OC)c2c1[C@H]1COc3c4c(cc(-c5cccc(O)c5)c3[C@@H]1O2)O[C@]1(C=C4)O[C@](CNC)(C(=O)O)[C@@H](O)[C@H](O)[C@H]1O. The molecule has 0 radical (unpaired) electrons. The molecule has 1 fully saturated rings. The van der Waals surface area contributed by atoms with E-state index in [2.05, 4.69) is 10.6 Å². The first-order valence-electron chi connectivity index (χ1n) is 15.8. The molecular formula is C35H38N2O12. The van der Waals surface area contributed by atoms with Gasteiger partial charge in [0.05, 0.1) is 32.3 Å². The molecule has 7 atom stereocenters. The molecule has 1 saturated heterocycles. The van der Waals surface area contributed by atoms with Crippen molar-refractivity contribution in [3.63, 3.8) is 0 Å². The van der Waals surface area contributed by atoms with Gasteiger partial charge in [0.1, 0.15) is 35.6 Å². The zero-order valence-electron chi connectivity index (χ0n) is 27.2. The second-order valence-corrected chi connectivity index (χ2v) is 12.5. The topological polar surface area (TPSA) is 198 Å². The molecule has 4 heterocycles. The molecule has 7 N–H and O–H groups in total. The lowest BCUT2D eigenvalue weighted by Crippen LogP contribution is -2.75. The molecule has 0 saturated carbocycles. The third-order valence-electron chi connectivity index (χ3n) is 9.70. The lowest BCUT2D eigenvalue weighted by atomic mass is 9.80. The lowest BCUT2D eigenvalue weighted by molar-refractivity contribution is -0.340. The van der Waals surface area contributed by atoms with Gasteiger partial charge in [0.2, 0.25) is 11.4 Å². The van der Waals surface area contributed by atoms with Crippen molar-refractivity contribution in [3.8, 4) is 45.6 Å². The second-order valence-electron chi connectivity index (χ2n) is 12.5. The molecule has 0 bridgehead atoms. The number of aliphatic hydroxyl groups is 3. The minimum Gasteiger partial charge on any atom is -0.508 e. The number of phenols is 1. The van der Waals surface area contributed by atoms with Crippen molar-refractivity contribution < 1.29 is 58.7 Å². The van der Waals surface area contributed by atoms with Crippen LogP contribution in [0.3, 0.4) is 0 Å². The van der Waals surface area contributed by atoms with Crippen molar-refractivity contribution in [2.24, 2.45) is 0 Å². The predicted octanol–water partition coefficient (Wildman–Crippen LogP) is 1.66. The molecule has 14 heteroatoms. The number of rotatable bonds is 8. The molecule has 0 unspecified atom stereocenters. The lowest BCUT2D eigenvalue weighted by Gasteiger charge is -2.52. The van der Waals surface area contributed by atoms with Gasteiger partial charge in [-0.05, 0) is 67.2 Å². The molecule has 260 valence electrons. The first-order chi connectivity index (χ1) is 23.5. The highest BCUT2D eigenvalue weighted by Gasteiger charge is 2.65. The third kappa shape index (κ3) is 4.81. The summed E-state index contributed by atoms with van der Waals surface area (Å²) < 4.78 is 37.1. The Morgan fingerprint density at radius 2 is 1.82 bits per heavy atom. The van der Waals surface area contributed by atoms with Crippen molar-refractivity contribution in [2.75, 3.05) is 41.5 Å². The molecular weight excluding hydrogens is 640 g/mol. The molecule has 4 aliphatic heterocycles. The van der Waals surface area contributed by atoms with Crippen LogP contribution in [-0.4, -0.2) is 103 Å². The molecule has 0 amide bonds. The van der Waals surface area contributed by atoms with Gasteiger partial charge in [-0.3, -0.25) is 0 Å². The van der Waals surface area contributed by atoms with Crippen molar-refractivity contribution in [2.45, 2.75) is 48.3 Å². The summed E-state index contributed by atoms with van der Waals surface area (Å²) in [5, 5.41) is 59.6. The highest BCUT2D eigenvalue weighted by atomic mass is 16.7. The number of hydrogen-bond donors (Lipinski definition) is 7. The first-order valence-corrected chi connectivity index (χ1v) is 15.8. The van der Waals surface area contributed by atoms with Crippen molar-refractivity contribution in [1.82, 2.24) is 10.6 Å². The number of carboxylic acid groups (broad SMARTS) is 1. The Morgan fingerprint density at radius 3 is 2.49 bits per heavy atom. The Morgan fingerprint density at radius 1 is 1.02 bits per heavy atom. The summed E-state index contributed by atoms with van der Waals surface area (Å²) >= 11 is 0. The van der Waals surface area contributed by atoms with Crippen LogP contribution in [-0.2, 0) is 16.1 Å². The van der Waals surface area contributed by atoms with Crippen molar-refractivity contribution in [3.05, 3.63) is 64.7 Å². The first kappa shape index (κ1) is 33.0. The van der Waals surface area contributed by atoms with E-state index in [9.17, 15) is 30.3 Å². The summed E-state index contributed by atoms with van der Waals surface area (Å²) in [6.45, 7) is 0.324. The summed E-state index contributed by atoms with van der Waals surface area (Å²) in [5.41, 5.74) is 1.74. The Balaban J connectivity index is 1.41. The van der Waals surface area contributed by atoms with Crippen molar-refractivity contribution in [1.29, 1.82) is 0 Å². The fourth-order valence-electron chi connectivity index (χ4n) is 7.47. The number of carboxylic acids is 1. The maximum atomic E-state index is 12.5. The van der Waals surface area contributed by atoms with E-state index in [-0.39, 0.29) is 24.0 Å². The molecule has 3 aromatic carbocycles. The smallest absolute Gasteiger partial charge is 0.340 e. The summed E-state index contributed by atoms with van der Waals surface area (Å²) in [5.74, 6) is -2.00. The number of aromatic hydroxyl groups is 1. The van der Waals surface area contributed by atoms with E-state index < -0.39 is 48.3 Å². The van der Waals surface area contributed by atoms with Crippen LogP contribution in [0, 0.1) is 0 Å². The number of carbonyl (C=O) groups is 1. The van der Waals surface area contributed by atoms with E-state index in [0.717, 1.165) is 11.1 Å². The van der Waals surface area contributed by atoms with Crippen molar-refractivity contribution >= 4 is 12.0 Å². The summed E-state index contributed by atoms with van der Waals surface area (Å²) in [4.78, 5) is 12.5. The highest BCUT2D eigenvalue weighted by molar-refractivity contribution is 5.83. The summed E-state index contributed by atoms with van der Waals surface area (Å²) in [6, 6.07) is 10.2. The van der Waals surface area contributed by atoms with Gasteiger partial charge in [-0.1, -0.05) is 12.1 Å². The highest BCUT2D eigenvalue weighted by Crippen LogP contribution is 2.61. The zero-order valence-corrected chi connectivity index (χ0v) is 27.2. The average molecular weight is 679 g/mol. The number of fused-ring (bicyclic) bond motifs is 7. The van der Waals surface area contributed by atoms with Crippen LogP contribution >= 0.6 is 0 Å². The Labute approximate surface area is 281 Å². The number of benzene rings is 3. The number of ether oxygens (including phenoxy) is 6. The third-order valence-corrected chi connectivity index (χ3v) is 9.70. The van der Waals surface area contributed by atoms with Gasteiger partial charge < -0.3 is 64.6 Å². The molecule has 1 spiro atoms. The quantitative estimate of drug-likeness (QED) is 0.182. The molecule has 0 aliphatic carbocycles. The Bertz CT molecular complexity index is 1850. The predicted molar refractivity (Wildman–Crippen MR) is 173 cm³/mol. The fraction of sp³-hybridized carbons (Fsp3) is 0.400. The van der Waals surface area contributed by atoms with Gasteiger partial charge in [0, 0.05) is 24.2 Å². The van der Waals surface area contributed by atoms with Crippen LogP contribution in [0.25, 0.3) is 17.2 Å².